The fourth-order valence-electron chi connectivity index (χ4n) is 2.65. The second kappa shape index (κ2) is 8.42. The van der Waals surface area contributed by atoms with E-state index in [0.29, 0.717) is 30.6 Å². The number of piperazine rings is 1. The van der Waals surface area contributed by atoms with Crippen LogP contribution in [0.15, 0.2) is 20.4 Å². The molecular weight excluding hydrogens is 416 g/mol. The first kappa shape index (κ1) is 19.4. The maximum Gasteiger partial charge on any atom is 0.227 e. The van der Waals surface area contributed by atoms with Gasteiger partial charge in [-0.3, -0.25) is 4.79 Å². The smallest absolute Gasteiger partial charge is 0.227 e. The molecule has 3 heterocycles. The van der Waals surface area contributed by atoms with Crippen LogP contribution in [-0.4, -0.2) is 46.1 Å². The van der Waals surface area contributed by atoms with Gasteiger partial charge in [-0.05, 0) is 35.8 Å². The Bertz CT molecular complexity index is 693. The molecule has 24 heavy (non-hydrogen) atoms. The number of hydrogen-bond donors (Lipinski definition) is 1. The number of aryl methyl sites for hydroxylation is 1. The third-order valence-corrected chi connectivity index (χ3v) is 5.85. The summed E-state index contributed by atoms with van der Waals surface area (Å²) in [6.45, 7) is 5.78. The summed E-state index contributed by atoms with van der Waals surface area (Å²) < 4.78 is 6.26. The number of nitrogens with one attached hydrogen (secondary N) is 1. The van der Waals surface area contributed by atoms with Crippen molar-refractivity contribution >= 4 is 45.6 Å². The number of nitrogens with zero attached hydrogens (tertiary/aromatic N) is 3. The lowest BCUT2D eigenvalue weighted by molar-refractivity contribution is -0.134. The molecule has 2 aromatic heterocycles. The van der Waals surface area contributed by atoms with Crippen LogP contribution in [0.5, 0.6) is 0 Å². The molecule has 2 aromatic rings. The highest BCUT2D eigenvalue weighted by Gasteiger charge is 2.28. The van der Waals surface area contributed by atoms with Gasteiger partial charge in [-0.2, -0.15) is 4.98 Å². The SMILES string of the molecule is CC1NCCN(C(=O)CCc2nc(-c3cc(Br)cs3)no2)C1C.Cl. The largest absolute Gasteiger partial charge is 0.339 e. The minimum atomic E-state index is 0. The molecule has 0 spiro atoms. The maximum absolute atomic E-state index is 12.4. The summed E-state index contributed by atoms with van der Waals surface area (Å²) in [5, 5.41) is 9.34. The third kappa shape index (κ3) is 4.36. The molecule has 1 fully saturated rings. The van der Waals surface area contributed by atoms with Gasteiger partial charge < -0.3 is 14.7 Å². The summed E-state index contributed by atoms with van der Waals surface area (Å²) in [7, 11) is 0. The number of hydrogen-bond acceptors (Lipinski definition) is 6. The zero-order valence-corrected chi connectivity index (χ0v) is 16.7. The number of rotatable bonds is 4. The van der Waals surface area contributed by atoms with Crippen molar-refractivity contribution in [2.24, 2.45) is 0 Å². The van der Waals surface area contributed by atoms with Crippen molar-refractivity contribution < 1.29 is 9.32 Å². The number of amides is 1. The van der Waals surface area contributed by atoms with Crippen LogP contribution in [0, 0.1) is 0 Å². The van der Waals surface area contributed by atoms with Gasteiger partial charge >= 0.3 is 0 Å². The van der Waals surface area contributed by atoms with Crippen molar-refractivity contribution in [1.82, 2.24) is 20.4 Å². The van der Waals surface area contributed by atoms with E-state index in [-0.39, 0.29) is 24.4 Å². The van der Waals surface area contributed by atoms with E-state index < -0.39 is 0 Å². The fraction of sp³-hybridized carbons (Fsp3) is 0.533. The number of carbonyl (C=O) groups is 1. The molecule has 6 nitrogen and oxygen atoms in total. The average molecular weight is 436 g/mol. The highest BCUT2D eigenvalue weighted by atomic mass is 79.9. The Morgan fingerprint density at radius 2 is 2.33 bits per heavy atom. The van der Waals surface area contributed by atoms with Gasteiger partial charge in [0.05, 0.1) is 4.88 Å². The molecule has 0 saturated carbocycles. The van der Waals surface area contributed by atoms with Crippen molar-refractivity contribution in [3.05, 3.63) is 21.8 Å². The Kier molecular flexibility index (Phi) is 6.79. The predicted octanol–water partition coefficient (Wildman–Crippen LogP) is 3.12. The van der Waals surface area contributed by atoms with Gasteiger partial charge in [0.15, 0.2) is 0 Å². The van der Waals surface area contributed by atoms with Gasteiger partial charge in [-0.25, -0.2) is 0 Å². The summed E-state index contributed by atoms with van der Waals surface area (Å²) in [5.74, 6) is 1.23. The van der Waals surface area contributed by atoms with Crippen molar-refractivity contribution in [2.45, 2.75) is 38.8 Å². The van der Waals surface area contributed by atoms with Gasteiger partial charge in [0, 0.05) is 47.9 Å². The molecule has 1 saturated heterocycles. The average Bonchev–Trinajstić information content (AvgIpc) is 3.16. The first-order valence-corrected chi connectivity index (χ1v) is 9.31. The van der Waals surface area contributed by atoms with Crippen LogP contribution < -0.4 is 5.32 Å². The van der Waals surface area contributed by atoms with E-state index in [1.807, 2.05) is 16.3 Å². The standard InChI is InChI=1S/C15H19BrN4O2S.ClH/c1-9-10(2)20(6-5-17-9)14(21)4-3-13-18-15(19-22-13)12-7-11(16)8-23-12;/h7-10,17H,3-6H2,1-2H3;1H. The summed E-state index contributed by atoms with van der Waals surface area (Å²) in [6.07, 6.45) is 0.871. The molecule has 0 aromatic carbocycles. The first-order valence-electron chi connectivity index (χ1n) is 7.64. The van der Waals surface area contributed by atoms with E-state index >= 15 is 0 Å². The maximum atomic E-state index is 12.4. The van der Waals surface area contributed by atoms with Gasteiger partial charge in [0.2, 0.25) is 17.6 Å². The molecule has 0 aliphatic carbocycles. The third-order valence-electron chi connectivity index (χ3n) is 4.16. The second-order valence-electron chi connectivity index (χ2n) is 5.71. The summed E-state index contributed by atoms with van der Waals surface area (Å²) in [6, 6.07) is 2.48. The molecule has 0 radical (unpaired) electrons. The van der Waals surface area contributed by atoms with Crippen LogP contribution in [-0.2, 0) is 11.2 Å². The predicted molar refractivity (Wildman–Crippen MR) is 99.5 cm³/mol. The molecule has 9 heteroatoms. The van der Waals surface area contributed by atoms with E-state index in [1.165, 1.54) is 0 Å². The fourth-order valence-corrected chi connectivity index (χ4v) is 4.00. The summed E-state index contributed by atoms with van der Waals surface area (Å²) in [5.41, 5.74) is 0. The normalized spacial score (nSPS) is 20.7. The van der Waals surface area contributed by atoms with Crippen molar-refractivity contribution in [3.8, 4) is 10.7 Å². The number of aromatic nitrogens is 2. The van der Waals surface area contributed by atoms with Crippen molar-refractivity contribution in [3.63, 3.8) is 0 Å². The monoisotopic (exact) mass is 434 g/mol. The van der Waals surface area contributed by atoms with Gasteiger partial charge in [0.25, 0.3) is 0 Å². The Morgan fingerprint density at radius 1 is 1.54 bits per heavy atom. The highest BCUT2D eigenvalue weighted by Crippen LogP contribution is 2.27. The van der Waals surface area contributed by atoms with E-state index in [9.17, 15) is 4.79 Å². The van der Waals surface area contributed by atoms with E-state index in [1.54, 1.807) is 11.3 Å². The zero-order valence-electron chi connectivity index (χ0n) is 13.5. The molecule has 1 aliphatic heterocycles. The summed E-state index contributed by atoms with van der Waals surface area (Å²) in [4.78, 5) is 19.7. The molecule has 132 valence electrons. The zero-order chi connectivity index (χ0) is 16.4. The Labute approximate surface area is 159 Å². The Hall–Kier alpha value is -0.960. The van der Waals surface area contributed by atoms with E-state index in [4.69, 9.17) is 4.52 Å². The first-order chi connectivity index (χ1) is 11.0. The lowest BCUT2D eigenvalue weighted by Crippen LogP contribution is -2.57. The molecule has 3 rings (SSSR count). The van der Waals surface area contributed by atoms with Crippen LogP contribution in [0.2, 0.25) is 0 Å². The number of thiophene rings is 1. The quantitative estimate of drug-likeness (QED) is 0.799. The van der Waals surface area contributed by atoms with E-state index in [2.05, 4.69) is 45.2 Å². The van der Waals surface area contributed by atoms with Crippen molar-refractivity contribution in [2.75, 3.05) is 13.1 Å². The van der Waals surface area contributed by atoms with Gasteiger partial charge in [-0.1, -0.05) is 5.16 Å². The van der Waals surface area contributed by atoms with Crippen LogP contribution in [0.3, 0.4) is 0 Å². The number of carbonyl (C=O) groups excluding carboxylic acids is 1. The molecule has 1 aliphatic rings. The Balaban J connectivity index is 0.00000208. The van der Waals surface area contributed by atoms with Crippen LogP contribution in [0.4, 0.5) is 0 Å². The Morgan fingerprint density at radius 3 is 3.04 bits per heavy atom. The van der Waals surface area contributed by atoms with Gasteiger partial charge in [-0.15, -0.1) is 23.7 Å². The lowest BCUT2D eigenvalue weighted by atomic mass is 10.1. The highest BCUT2D eigenvalue weighted by molar-refractivity contribution is 9.10. The topological polar surface area (TPSA) is 71.3 Å². The van der Waals surface area contributed by atoms with Crippen molar-refractivity contribution in [1.29, 1.82) is 0 Å². The van der Waals surface area contributed by atoms with Crippen LogP contribution in [0.1, 0.15) is 26.2 Å². The molecule has 1 amide bonds. The van der Waals surface area contributed by atoms with Crippen LogP contribution in [0.25, 0.3) is 10.7 Å². The molecular formula is C15H20BrClN4O2S. The lowest BCUT2D eigenvalue weighted by Gasteiger charge is -2.38. The molecule has 1 N–H and O–H groups in total. The van der Waals surface area contributed by atoms with E-state index in [0.717, 1.165) is 22.4 Å². The van der Waals surface area contributed by atoms with Crippen LogP contribution >= 0.6 is 39.7 Å². The summed E-state index contributed by atoms with van der Waals surface area (Å²) >= 11 is 4.96. The molecule has 2 unspecified atom stereocenters. The minimum absolute atomic E-state index is 0. The van der Waals surface area contributed by atoms with Gasteiger partial charge in [0.1, 0.15) is 0 Å². The minimum Gasteiger partial charge on any atom is -0.339 e. The second-order valence-corrected chi connectivity index (χ2v) is 7.54. The number of halogens is 2. The molecule has 2 atom stereocenters. The molecule has 0 bridgehead atoms.